The van der Waals surface area contributed by atoms with Gasteiger partial charge >= 0.3 is 5.69 Å². The van der Waals surface area contributed by atoms with Gasteiger partial charge in [-0.05, 0) is 36.8 Å². The van der Waals surface area contributed by atoms with Crippen molar-refractivity contribution >= 4 is 34.2 Å². The molecule has 8 nitrogen and oxygen atoms in total. The molecule has 3 heterocycles. The van der Waals surface area contributed by atoms with E-state index in [4.69, 9.17) is 17.3 Å². The van der Waals surface area contributed by atoms with Crippen LogP contribution < -0.4 is 17.0 Å². The molecule has 0 unspecified atom stereocenters. The second-order valence-electron chi connectivity index (χ2n) is 7.48. The molecule has 31 heavy (non-hydrogen) atoms. The lowest BCUT2D eigenvalue weighted by Crippen LogP contribution is -2.39. The van der Waals surface area contributed by atoms with E-state index in [1.165, 1.54) is 9.13 Å². The molecule has 0 radical (unpaired) electrons. The van der Waals surface area contributed by atoms with Gasteiger partial charge in [0.2, 0.25) is 5.78 Å². The van der Waals surface area contributed by atoms with Gasteiger partial charge in [-0.3, -0.25) is 22.9 Å². The third-order valence-electron chi connectivity index (χ3n) is 5.43. The van der Waals surface area contributed by atoms with Gasteiger partial charge in [0, 0.05) is 24.0 Å². The molecule has 0 saturated carbocycles. The molecular formula is C22H19ClN6O2. The molecule has 0 bridgehead atoms. The summed E-state index contributed by atoms with van der Waals surface area (Å²) in [5, 5.41) is 0.545. The topological polar surface area (TPSA) is 92.2 Å². The predicted octanol–water partition coefficient (Wildman–Crippen LogP) is 2.73. The summed E-state index contributed by atoms with van der Waals surface area (Å²) >= 11 is 6.07. The highest BCUT2D eigenvalue weighted by Crippen LogP contribution is 2.24. The monoisotopic (exact) mass is 434 g/mol. The summed E-state index contributed by atoms with van der Waals surface area (Å²) in [7, 11) is 1.61. The first kappa shape index (κ1) is 19.2. The van der Waals surface area contributed by atoms with E-state index in [2.05, 4.69) is 4.98 Å². The number of nitrogens with zero attached hydrogens (tertiary/aromatic N) is 5. The van der Waals surface area contributed by atoms with Crippen molar-refractivity contribution in [2.45, 2.75) is 13.5 Å². The molecule has 156 valence electrons. The molecule has 0 aliphatic rings. The largest absolute Gasteiger partial charge is 0.397 e. The molecule has 0 amide bonds. The van der Waals surface area contributed by atoms with E-state index in [0.717, 1.165) is 16.9 Å². The van der Waals surface area contributed by atoms with Crippen molar-refractivity contribution in [1.82, 2.24) is 23.1 Å². The maximum absolute atomic E-state index is 13.4. The van der Waals surface area contributed by atoms with E-state index in [0.29, 0.717) is 27.7 Å². The highest BCUT2D eigenvalue weighted by molar-refractivity contribution is 6.30. The molecule has 0 atom stereocenters. The normalized spacial score (nSPS) is 11.6. The molecule has 5 rings (SSSR count). The number of halogens is 1. The Hall–Kier alpha value is -3.78. The highest BCUT2D eigenvalue weighted by atomic mass is 35.5. The number of aromatic nitrogens is 5. The Balaban J connectivity index is 1.81. The molecular weight excluding hydrogens is 416 g/mol. The zero-order chi connectivity index (χ0) is 21.9. The second-order valence-corrected chi connectivity index (χ2v) is 7.92. The second kappa shape index (κ2) is 6.88. The summed E-state index contributed by atoms with van der Waals surface area (Å²) in [5.41, 5.74) is 8.93. The van der Waals surface area contributed by atoms with E-state index < -0.39 is 11.2 Å². The Bertz CT molecular complexity index is 1600. The zero-order valence-electron chi connectivity index (χ0n) is 16.9. The molecule has 0 saturated heterocycles. The van der Waals surface area contributed by atoms with E-state index in [-0.39, 0.29) is 6.54 Å². The molecule has 0 fully saturated rings. The smallest absolute Gasteiger partial charge is 0.332 e. The van der Waals surface area contributed by atoms with Crippen LogP contribution in [0.4, 0.5) is 5.69 Å². The van der Waals surface area contributed by atoms with Crippen LogP contribution in [0.3, 0.4) is 0 Å². The number of para-hydroxylation sites is 2. The van der Waals surface area contributed by atoms with E-state index in [1.807, 2.05) is 48.0 Å². The minimum atomic E-state index is -0.444. The number of anilines is 1. The standard InChI is InChI=1S/C22H19ClN6O2/c1-13-11-27-18-19(25-21(27)29(13)17-9-4-3-8-16(17)24)26(2)22(31)28(20(18)30)12-14-6-5-7-15(23)10-14/h3-11H,12,24H2,1-2H3. The van der Waals surface area contributed by atoms with Crippen molar-refractivity contribution in [3.05, 3.63) is 91.8 Å². The fourth-order valence-corrected chi connectivity index (χ4v) is 4.17. The van der Waals surface area contributed by atoms with Crippen molar-refractivity contribution in [2.75, 3.05) is 5.73 Å². The number of nitrogens with two attached hydrogens (primary N) is 1. The van der Waals surface area contributed by atoms with E-state index in [9.17, 15) is 9.59 Å². The van der Waals surface area contributed by atoms with Crippen LogP contribution >= 0.6 is 11.6 Å². The fraction of sp³-hybridized carbons (Fsp3) is 0.136. The van der Waals surface area contributed by atoms with Crippen LogP contribution in [-0.2, 0) is 13.6 Å². The van der Waals surface area contributed by atoms with Crippen LogP contribution in [0.5, 0.6) is 0 Å². The number of imidazole rings is 2. The van der Waals surface area contributed by atoms with Crippen LogP contribution in [0.25, 0.3) is 22.6 Å². The number of aryl methyl sites for hydroxylation is 2. The quantitative estimate of drug-likeness (QED) is 0.442. The predicted molar refractivity (Wildman–Crippen MR) is 121 cm³/mol. The number of nitrogen functional groups attached to an aromatic ring is 1. The van der Waals surface area contributed by atoms with Gasteiger partial charge in [0.15, 0.2) is 11.2 Å². The van der Waals surface area contributed by atoms with Gasteiger partial charge in [0.25, 0.3) is 5.56 Å². The summed E-state index contributed by atoms with van der Waals surface area (Å²) in [4.78, 5) is 31.0. The Morgan fingerprint density at radius 1 is 1.10 bits per heavy atom. The lowest BCUT2D eigenvalue weighted by Gasteiger charge is -2.09. The van der Waals surface area contributed by atoms with E-state index >= 15 is 0 Å². The van der Waals surface area contributed by atoms with Crippen molar-refractivity contribution in [2.24, 2.45) is 7.05 Å². The Morgan fingerprint density at radius 3 is 2.61 bits per heavy atom. The van der Waals surface area contributed by atoms with Crippen LogP contribution in [-0.4, -0.2) is 23.1 Å². The van der Waals surface area contributed by atoms with Crippen molar-refractivity contribution in [3.63, 3.8) is 0 Å². The maximum atomic E-state index is 13.4. The van der Waals surface area contributed by atoms with Gasteiger partial charge in [-0.15, -0.1) is 0 Å². The van der Waals surface area contributed by atoms with Gasteiger partial charge in [-0.25, -0.2) is 4.79 Å². The van der Waals surface area contributed by atoms with Crippen molar-refractivity contribution < 1.29 is 0 Å². The molecule has 3 aromatic heterocycles. The minimum absolute atomic E-state index is 0.112. The minimum Gasteiger partial charge on any atom is -0.397 e. The SMILES string of the molecule is Cc1cn2c3c(=O)n(Cc4cccc(Cl)c4)c(=O)n(C)c3nc2n1-c1ccccc1N. The van der Waals surface area contributed by atoms with Gasteiger partial charge in [-0.1, -0.05) is 35.9 Å². The third-order valence-corrected chi connectivity index (χ3v) is 5.67. The van der Waals surface area contributed by atoms with E-state index in [1.54, 1.807) is 29.6 Å². The number of rotatable bonds is 3. The molecule has 9 heteroatoms. The van der Waals surface area contributed by atoms with Gasteiger partial charge < -0.3 is 5.73 Å². The van der Waals surface area contributed by atoms with Gasteiger partial charge in [0.05, 0.1) is 17.9 Å². The Labute approximate surface area is 181 Å². The average Bonchev–Trinajstić information content (AvgIpc) is 3.25. The number of hydrogen-bond acceptors (Lipinski definition) is 4. The molecule has 5 aromatic rings. The number of fused-ring (bicyclic) bond motifs is 3. The first-order valence-electron chi connectivity index (χ1n) is 9.66. The summed E-state index contributed by atoms with van der Waals surface area (Å²) < 4.78 is 6.18. The summed E-state index contributed by atoms with van der Waals surface area (Å²) in [6.45, 7) is 2.03. The fourth-order valence-electron chi connectivity index (χ4n) is 3.96. The summed E-state index contributed by atoms with van der Waals surface area (Å²) in [6.07, 6.45) is 1.83. The van der Waals surface area contributed by atoms with Crippen LogP contribution in [0, 0.1) is 6.92 Å². The summed E-state index contributed by atoms with van der Waals surface area (Å²) in [6, 6.07) is 14.5. The lowest BCUT2D eigenvalue weighted by atomic mass is 10.2. The third kappa shape index (κ3) is 2.87. The van der Waals surface area contributed by atoms with Gasteiger partial charge in [0.1, 0.15) is 0 Å². The molecule has 2 aromatic carbocycles. The Morgan fingerprint density at radius 2 is 1.87 bits per heavy atom. The van der Waals surface area contributed by atoms with Crippen molar-refractivity contribution in [1.29, 1.82) is 0 Å². The molecule has 0 aliphatic carbocycles. The van der Waals surface area contributed by atoms with Crippen LogP contribution in [0.1, 0.15) is 11.3 Å². The number of benzene rings is 2. The van der Waals surface area contributed by atoms with Gasteiger partial charge in [-0.2, -0.15) is 4.98 Å². The van der Waals surface area contributed by atoms with Crippen LogP contribution in [0.2, 0.25) is 5.02 Å². The first-order chi connectivity index (χ1) is 14.9. The molecule has 2 N–H and O–H groups in total. The number of hydrogen-bond donors (Lipinski definition) is 1. The Kier molecular flexibility index (Phi) is 4.26. The van der Waals surface area contributed by atoms with Crippen LogP contribution in [0.15, 0.2) is 64.3 Å². The summed E-state index contributed by atoms with van der Waals surface area (Å²) in [5.74, 6) is 0.512. The maximum Gasteiger partial charge on any atom is 0.332 e. The highest BCUT2D eigenvalue weighted by Gasteiger charge is 2.21. The van der Waals surface area contributed by atoms with Crippen molar-refractivity contribution in [3.8, 4) is 5.69 Å². The zero-order valence-corrected chi connectivity index (χ0v) is 17.7. The molecule has 0 spiro atoms. The molecule has 0 aliphatic heterocycles. The lowest BCUT2D eigenvalue weighted by molar-refractivity contribution is 0.656. The average molecular weight is 435 g/mol. The first-order valence-corrected chi connectivity index (χ1v) is 10.0.